The molecular weight excluding hydrogens is 408 g/mol. The summed E-state index contributed by atoms with van der Waals surface area (Å²) in [6, 6.07) is 9.88. The van der Waals surface area contributed by atoms with Crippen LogP contribution in [0.1, 0.15) is 22.9 Å². The van der Waals surface area contributed by atoms with Gasteiger partial charge in [0.1, 0.15) is 5.82 Å². The van der Waals surface area contributed by atoms with Crippen molar-refractivity contribution in [1.29, 1.82) is 0 Å². The fourth-order valence-corrected chi connectivity index (χ4v) is 4.27. The number of benzene rings is 2. The van der Waals surface area contributed by atoms with Crippen molar-refractivity contribution in [3.63, 3.8) is 0 Å². The van der Waals surface area contributed by atoms with Gasteiger partial charge in [0.2, 0.25) is 5.95 Å². The molecule has 4 aromatic rings. The summed E-state index contributed by atoms with van der Waals surface area (Å²) in [4.78, 5) is 16.9. The van der Waals surface area contributed by atoms with Crippen LogP contribution in [-0.2, 0) is 6.42 Å². The van der Waals surface area contributed by atoms with Crippen molar-refractivity contribution in [3.05, 3.63) is 93.7 Å². The standard InChI is InChI=1S/C22H14ClF2N5/c1-26-15-4-2-12(3-5-15)21-20-16(17-8-13(23)9-18(25)19(17)29-20)6-7-30(21)22-27-10-14(24)11-28-22/h2-5,8-11,21,29H,6-7H2. The Balaban J connectivity index is 1.72. The van der Waals surface area contributed by atoms with Gasteiger partial charge in [0, 0.05) is 22.6 Å². The molecule has 0 fully saturated rings. The summed E-state index contributed by atoms with van der Waals surface area (Å²) < 4.78 is 28.0. The van der Waals surface area contributed by atoms with E-state index in [9.17, 15) is 8.78 Å². The SMILES string of the molecule is [C-]#[N+]c1ccc(C2c3[nH]c4c(F)cc(Cl)cc4c3CCN2c2ncc(F)cn2)cc1. The van der Waals surface area contributed by atoms with E-state index in [1.165, 1.54) is 6.07 Å². The second-order valence-electron chi connectivity index (χ2n) is 7.08. The second kappa shape index (κ2) is 7.08. The summed E-state index contributed by atoms with van der Waals surface area (Å²) in [5, 5.41) is 1.08. The van der Waals surface area contributed by atoms with Gasteiger partial charge >= 0.3 is 0 Å². The minimum atomic E-state index is -0.517. The lowest BCUT2D eigenvalue weighted by atomic mass is 9.92. The Morgan fingerprint density at radius 2 is 1.87 bits per heavy atom. The van der Waals surface area contributed by atoms with Crippen LogP contribution in [0.2, 0.25) is 5.02 Å². The third-order valence-corrected chi connectivity index (χ3v) is 5.57. The lowest BCUT2D eigenvalue weighted by molar-refractivity contribution is 0.596. The third-order valence-electron chi connectivity index (χ3n) is 5.35. The van der Waals surface area contributed by atoms with Gasteiger partial charge in [0.05, 0.1) is 30.5 Å². The maximum Gasteiger partial charge on any atom is 0.226 e. The van der Waals surface area contributed by atoms with Crippen molar-refractivity contribution >= 4 is 34.1 Å². The number of nitrogens with zero attached hydrogens (tertiary/aromatic N) is 4. The molecule has 8 heteroatoms. The molecule has 5 nitrogen and oxygen atoms in total. The van der Waals surface area contributed by atoms with Gasteiger partial charge < -0.3 is 9.88 Å². The number of halogens is 3. The van der Waals surface area contributed by atoms with E-state index in [4.69, 9.17) is 18.2 Å². The van der Waals surface area contributed by atoms with Crippen LogP contribution in [0, 0.1) is 18.2 Å². The third kappa shape index (κ3) is 2.97. The highest BCUT2D eigenvalue weighted by molar-refractivity contribution is 6.31. The molecular formula is C22H14ClF2N5. The zero-order valence-corrected chi connectivity index (χ0v) is 16.3. The fourth-order valence-electron chi connectivity index (χ4n) is 4.06. The highest BCUT2D eigenvalue weighted by Crippen LogP contribution is 2.41. The first-order valence-corrected chi connectivity index (χ1v) is 9.64. The van der Waals surface area contributed by atoms with Crippen LogP contribution in [0.25, 0.3) is 15.7 Å². The summed E-state index contributed by atoms with van der Waals surface area (Å²) in [5.41, 5.74) is 3.59. The molecule has 0 saturated carbocycles. The minimum Gasteiger partial charge on any atom is -0.354 e. The first kappa shape index (κ1) is 18.5. The summed E-state index contributed by atoms with van der Waals surface area (Å²) in [7, 11) is 0. The van der Waals surface area contributed by atoms with Crippen LogP contribution in [0.5, 0.6) is 0 Å². The lowest BCUT2D eigenvalue weighted by Crippen LogP contribution is -2.37. The Kier molecular flexibility index (Phi) is 4.37. The van der Waals surface area contributed by atoms with E-state index < -0.39 is 11.6 Å². The van der Waals surface area contributed by atoms with Crippen LogP contribution in [0.3, 0.4) is 0 Å². The molecule has 1 atom stereocenters. The monoisotopic (exact) mass is 421 g/mol. The Hall–Kier alpha value is -3.50. The maximum atomic E-state index is 14.6. The molecule has 30 heavy (non-hydrogen) atoms. The van der Waals surface area contributed by atoms with E-state index in [2.05, 4.69) is 19.8 Å². The van der Waals surface area contributed by atoms with Crippen LogP contribution in [0.15, 0.2) is 48.8 Å². The van der Waals surface area contributed by atoms with Gasteiger partial charge in [-0.05, 0) is 29.7 Å². The first-order chi connectivity index (χ1) is 14.5. The highest BCUT2D eigenvalue weighted by atomic mass is 35.5. The van der Waals surface area contributed by atoms with Crippen LogP contribution >= 0.6 is 11.6 Å². The number of nitrogens with one attached hydrogen (secondary N) is 1. The van der Waals surface area contributed by atoms with Crippen LogP contribution < -0.4 is 4.90 Å². The van der Waals surface area contributed by atoms with E-state index in [0.717, 1.165) is 34.6 Å². The number of hydrogen-bond acceptors (Lipinski definition) is 3. The molecule has 5 rings (SSSR count). The van der Waals surface area contributed by atoms with Crippen molar-refractivity contribution in [1.82, 2.24) is 15.0 Å². The Labute approximate surface area is 175 Å². The molecule has 0 bridgehead atoms. The summed E-state index contributed by atoms with van der Waals surface area (Å²) in [6.45, 7) is 7.74. The minimum absolute atomic E-state index is 0.337. The van der Waals surface area contributed by atoms with Gasteiger partial charge in [0.15, 0.2) is 11.5 Å². The van der Waals surface area contributed by atoms with Gasteiger partial charge in [-0.15, -0.1) is 0 Å². The molecule has 1 aliphatic heterocycles. The second-order valence-corrected chi connectivity index (χ2v) is 7.51. The van der Waals surface area contributed by atoms with Gasteiger partial charge in [-0.25, -0.2) is 23.6 Å². The van der Waals surface area contributed by atoms with Crippen LogP contribution in [-0.4, -0.2) is 21.5 Å². The topological polar surface area (TPSA) is 49.2 Å². The molecule has 3 heterocycles. The van der Waals surface area contributed by atoms with Crippen LogP contribution in [0.4, 0.5) is 20.4 Å². The Bertz CT molecular complexity index is 1290. The lowest BCUT2D eigenvalue weighted by Gasteiger charge is -2.36. The maximum absolute atomic E-state index is 14.6. The Morgan fingerprint density at radius 1 is 1.13 bits per heavy atom. The number of anilines is 1. The van der Waals surface area contributed by atoms with Crippen molar-refractivity contribution < 1.29 is 8.78 Å². The van der Waals surface area contributed by atoms with Crippen molar-refractivity contribution in [3.8, 4) is 0 Å². The van der Waals surface area contributed by atoms with Gasteiger partial charge in [0.25, 0.3) is 0 Å². The molecule has 2 aromatic heterocycles. The van der Waals surface area contributed by atoms with Gasteiger partial charge in [-0.2, -0.15) is 0 Å². The number of aromatic nitrogens is 3. The quantitative estimate of drug-likeness (QED) is 0.429. The normalized spacial score (nSPS) is 15.8. The predicted octanol–water partition coefficient (Wildman–Crippen LogP) is 5.59. The molecule has 1 N–H and O–H groups in total. The molecule has 1 unspecified atom stereocenters. The largest absolute Gasteiger partial charge is 0.354 e. The number of rotatable bonds is 2. The summed E-state index contributed by atoms with van der Waals surface area (Å²) in [5.74, 6) is -0.561. The molecule has 0 radical (unpaired) electrons. The van der Waals surface area contributed by atoms with E-state index >= 15 is 0 Å². The highest BCUT2D eigenvalue weighted by Gasteiger charge is 2.33. The average molecular weight is 422 g/mol. The number of hydrogen-bond donors (Lipinski definition) is 1. The molecule has 0 saturated heterocycles. The average Bonchev–Trinajstić information content (AvgIpc) is 3.13. The van der Waals surface area contributed by atoms with Crippen molar-refractivity contribution in [2.24, 2.45) is 0 Å². The molecule has 0 aliphatic carbocycles. The first-order valence-electron chi connectivity index (χ1n) is 9.26. The van der Waals surface area contributed by atoms with E-state index in [0.29, 0.717) is 35.1 Å². The predicted molar refractivity (Wildman–Crippen MR) is 111 cm³/mol. The molecule has 0 spiro atoms. The number of H-pyrrole nitrogens is 1. The van der Waals surface area contributed by atoms with E-state index in [1.54, 1.807) is 18.2 Å². The summed E-state index contributed by atoms with van der Waals surface area (Å²) in [6.07, 6.45) is 2.87. The molecule has 2 aromatic carbocycles. The zero-order valence-electron chi connectivity index (χ0n) is 15.5. The zero-order chi connectivity index (χ0) is 20.8. The molecule has 1 aliphatic rings. The fraction of sp³-hybridized carbons (Fsp3) is 0.136. The smallest absolute Gasteiger partial charge is 0.226 e. The van der Waals surface area contributed by atoms with Crippen molar-refractivity contribution in [2.75, 3.05) is 11.4 Å². The van der Waals surface area contributed by atoms with Gasteiger partial charge in [-0.1, -0.05) is 35.9 Å². The van der Waals surface area contributed by atoms with Crippen molar-refractivity contribution in [2.45, 2.75) is 12.5 Å². The van der Waals surface area contributed by atoms with E-state index in [1.807, 2.05) is 17.0 Å². The number of fused-ring (bicyclic) bond motifs is 3. The molecule has 0 amide bonds. The van der Waals surface area contributed by atoms with Gasteiger partial charge in [-0.3, -0.25) is 0 Å². The van der Waals surface area contributed by atoms with E-state index in [-0.39, 0.29) is 6.04 Å². The number of aromatic amines is 1. The Morgan fingerprint density at radius 3 is 2.57 bits per heavy atom. The molecule has 148 valence electrons. The summed E-state index contributed by atoms with van der Waals surface area (Å²) >= 11 is 6.10.